The lowest BCUT2D eigenvalue weighted by molar-refractivity contribution is -0.123. The maximum atomic E-state index is 12.5. The number of amides is 2. The fourth-order valence-corrected chi connectivity index (χ4v) is 4.24. The number of hydrogen-bond acceptors (Lipinski definition) is 3. The number of rotatable bonds is 6. The van der Waals surface area contributed by atoms with Crippen LogP contribution in [-0.4, -0.2) is 36.4 Å². The molecule has 2 amide bonds. The smallest absolute Gasteiger partial charge is 0.258 e. The predicted octanol–water partition coefficient (Wildman–Crippen LogP) is 4.53. The van der Waals surface area contributed by atoms with Crippen molar-refractivity contribution < 1.29 is 14.3 Å². The number of carbonyl (C=O) groups is 2. The van der Waals surface area contributed by atoms with Gasteiger partial charge in [-0.3, -0.25) is 9.59 Å². The van der Waals surface area contributed by atoms with E-state index < -0.39 is 0 Å². The van der Waals surface area contributed by atoms with Crippen molar-refractivity contribution in [2.75, 3.05) is 19.7 Å². The van der Waals surface area contributed by atoms with Crippen molar-refractivity contribution in [3.63, 3.8) is 0 Å². The summed E-state index contributed by atoms with van der Waals surface area (Å²) >= 11 is 3.56. The fraction of sp³-hybridized carbons (Fsp3) is 0.250. The van der Waals surface area contributed by atoms with Crippen LogP contribution in [0.4, 0.5) is 0 Å². The van der Waals surface area contributed by atoms with Gasteiger partial charge in [-0.25, -0.2) is 0 Å². The maximum absolute atomic E-state index is 12.5. The zero-order valence-electron chi connectivity index (χ0n) is 16.6. The topological polar surface area (TPSA) is 58.6 Å². The van der Waals surface area contributed by atoms with Crippen molar-refractivity contribution in [2.45, 2.75) is 19.4 Å². The van der Waals surface area contributed by atoms with Crippen LogP contribution in [0.15, 0.2) is 65.1 Å². The van der Waals surface area contributed by atoms with E-state index in [1.807, 2.05) is 65.6 Å². The zero-order valence-corrected chi connectivity index (χ0v) is 18.2. The minimum Gasteiger partial charge on any atom is -0.483 e. The Morgan fingerprint density at radius 1 is 1.00 bits per heavy atom. The molecule has 5 nitrogen and oxygen atoms in total. The molecule has 4 rings (SSSR count). The molecule has 0 unspecified atom stereocenters. The Bertz CT molecular complexity index is 1080. The summed E-state index contributed by atoms with van der Waals surface area (Å²) in [4.78, 5) is 26.7. The molecule has 1 aliphatic heterocycles. The number of ether oxygens (including phenoxy) is 1. The number of nitrogens with one attached hydrogen (secondary N) is 1. The monoisotopic (exact) mass is 466 g/mol. The van der Waals surface area contributed by atoms with Gasteiger partial charge in [-0.05, 0) is 63.3 Å². The highest BCUT2D eigenvalue weighted by molar-refractivity contribution is 9.10. The second-order valence-corrected chi connectivity index (χ2v) is 8.16. The summed E-state index contributed by atoms with van der Waals surface area (Å²) in [6.45, 7) is 1.91. The maximum Gasteiger partial charge on any atom is 0.258 e. The summed E-state index contributed by atoms with van der Waals surface area (Å²) < 4.78 is 6.54. The standard InChI is InChI=1S/C24H23BrN2O3/c25-23-20-9-2-1-7-18(20)10-11-21(23)30-16-22(28)26-15-17-6-5-8-19(14-17)24(29)27-12-3-4-13-27/h1-2,5-11,14H,3-4,12-13,15-16H2,(H,26,28). The second-order valence-electron chi connectivity index (χ2n) is 7.36. The number of hydrogen-bond donors (Lipinski definition) is 1. The predicted molar refractivity (Wildman–Crippen MR) is 121 cm³/mol. The highest BCUT2D eigenvalue weighted by Crippen LogP contribution is 2.32. The van der Waals surface area contributed by atoms with Gasteiger partial charge in [0, 0.05) is 25.2 Å². The Labute approximate surface area is 184 Å². The first kappa shape index (κ1) is 20.4. The van der Waals surface area contributed by atoms with Crippen molar-refractivity contribution in [3.05, 3.63) is 76.3 Å². The third kappa shape index (κ3) is 4.65. The average Bonchev–Trinajstić information content (AvgIpc) is 3.32. The molecule has 0 aliphatic carbocycles. The van der Waals surface area contributed by atoms with Crippen LogP contribution in [0.5, 0.6) is 5.75 Å². The first-order valence-corrected chi connectivity index (χ1v) is 10.9. The number of likely N-dealkylation sites (tertiary alicyclic amines) is 1. The van der Waals surface area contributed by atoms with Gasteiger partial charge in [0.15, 0.2) is 6.61 Å². The summed E-state index contributed by atoms with van der Waals surface area (Å²) in [5, 5.41) is 5.00. The van der Waals surface area contributed by atoms with Crippen LogP contribution < -0.4 is 10.1 Å². The van der Waals surface area contributed by atoms with E-state index in [1.165, 1.54) is 0 Å². The normalized spacial score (nSPS) is 13.4. The first-order valence-electron chi connectivity index (χ1n) is 10.1. The lowest BCUT2D eigenvalue weighted by Crippen LogP contribution is -2.29. The van der Waals surface area contributed by atoms with Gasteiger partial charge in [0.05, 0.1) is 4.47 Å². The molecule has 1 N–H and O–H groups in total. The third-order valence-corrected chi connectivity index (χ3v) is 6.06. The molecule has 154 valence electrons. The van der Waals surface area contributed by atoms with E-state index in [2.05, 4.69) is 21.2 Å². The molecule has 1 saturated heterocycles. The number of halogens is 1. The van der Waals surface area contributed by atoms with Gasteiger partial charge in [0.2, 0.25) is 0 Å². The van der Waals surface area contributed by atoms with Crippen molar-refractivity contribution in [2.24, 2.45) is 0 Å². The molecule has 0 saturated carbocycles. The molecule has 0 radical (unpaired) electrons. The average molecular weight is 467 g/mol. The zero-order chi connectivity index (χ0) is 20.9. The number of benzene rings is 3. The molecule has 0 aromatic heterocycles. The highest BCUT2D eigenvalue weighted by atomic mass is 79.9. The molecular weight excluding hydrogens is 444 g/mol. The van der Waals surface area contributed by atoms with Gasteiger partial charge >= 0.3 is 0 Å². The van der Waals surface area contributed by atoms with Crippen LogP contribution in [0.2, 0.25) is 0 Å². The summed E-state index contributed by atoms with van der Waals surface area (Å²) in [5.74, 6) is 0.471. The van der Waals surface area contributed by atoms with Gasteiger partial charge in [0.25, 0.3) is 11.8 Å². The quantitative estimate of drug-likeness (QED) is 0.580. The molecule has 1 aliphatic rings. The van der Waals surface area contributed by atoms with E-state index in [4.69, 9.17) is 4.74 Å². The van der Waals surface area contributed by atoms with Gasteiger partial charge in [-0.15, -0.1) is 0 Å². The lowest BCUT2D eigenvalue weighted by atomic mass is 10.1. The Hall–Kier alpha value is -2.86. The highest BCUT2D eigenvalue weighted by Gasteiger charge is 2.19. The molecular formula is C24H23BrN2O3. The van der Waals surface area contributed by atoms with Crippen molar-refractivity contribution in [3.8, 4) is 5.75 Å². The molecule has 3 aromatic carbocycles. The minimum absolute atomic E-state index is 0.0603. The Morgan fingerprint density at radius 3 is 2.63 bits per heavy atom. The van der Waals surface area contributed by atoms with Gasteiger partial charge < -0.3 is 15.0 Å². The van der Waals surface area contributed by atoms with E-state index in [0.717, 1.165) is 46.7 Å². The van der Waals surface area contributed by atoms with Crippen LogP contribution in [-0.2, 0) is 11.3 Å². The fourth-order valence-electron chi connectivity index (χ4n) is 3.64. The molecule has 1 fully saturated rings. The number of carbonyl (C=O) groups excluding carboxylic acids is 2. The van der Waals surface area contributed by atoms with E-state index in [0.29, 0.717) is 17.9 Å². The van der Waals surface area contributed by atoms with E-state index in [-0.39, 0.29) is 18.4 Å². The van der Waals surface area contributed by atoms with Crippen LogP contribution in [0.1, 0.15) is 28.8 Å². The number of fused-ring (bicyclic) bond motifs is 1. The third-order valence-electron chi connectivity index (χ3n) is 5.24. The summed E-state index contributed by atoms with van der Waals surface area (Å²) in [5.41, 5.74) is 1.56. The van der Waals surface area contributed by atoms with E-state index in [1.54, 1.807) is 0 Å². The Morgan fingerprint density at radius 2 is 1.80 bits per heavy atom. The minimum atomic E-state index is -0.216. The first-order chi connectivity index (χ1) is 14.6. The van der Waals surface area contributed by atoms with Crippen LogP contribution in [0, 0.1) is 0 Å². The summed E-state index contributed by atoms with van der Waals surface area (Å²) in [6, 6.07) is 19.2. The van der Waals surface area contributed by atoms with E-state index in [9.17, 15) is 9.59 Å². The van der Waals surface area contributed by atoms with Crippen LogP contribution >= 0.6 is 15.9 Å². The largest absolute Gasteiger partial charge is 0.483 e. The molecule has 3 aromatic rings. The lowest BCUT2D eigenvalue weighted by Gasteiger charge is -2.16. The molecule has 0 bridgehead atoms. The second kappa shape index (κ2) is 9.30. The van der Waals surface area contributed by atoms with Crippen LogP contribution in [0.3, 0.4) is 0 Å². The Balaban J connectivity index is 1.32. The number of nitrogens with zero attached hydrogens (tertiary/aromatic N) is 1. The van der Waals surface area contributed by atoms with Gasteiger partial charge in [-0.2, -0.15) is 0 Å². The molecule has 1 heterocycles. The van der Waals surface area contributed by atoms with Crippen molar-refractivity contribution in [1.29, 1.82) is 0 Å². The van der Waals surface area contributed by atoms with E-state index >= 15 is 0 Å². The van der Waals surface area contributed by atoms with Crippen molar-refractivity contribution in [1.82, 2.24) is 10.2 Å². The van der Waals surface area contributed by atoms with Crippen LogP contribution in [0.25, 0.3) is 10.8 Å². The molecule has 0 atom stereocenters. The molecule has 30 heavy (non-hydrogen) atoms. The summed E-state index contributed by atoms with van der Waals surface area (Å²) in [7, 11) is 0. The van der Waals surface area contributed by atoms with Gasteiger partial charge in [0.1, 0.15) is 5.75 Å². The molecule has 6 heteroatoms. The SMILES string of the molecule is O=C(COc1ccc2ccccc2c1Br)NCc1cccc(C(=O)N2CCCC2)c1. The summed E-state index contributed by atoms with van der Waals surface area (Å²) in [6.07, 6.45) is 2.13. The Kier molecular flexibility index (Phi) is 6.33. The van der Waals surface area contributed by atoms with Crippen molar-refractivity contribution >= 4 is 38.5 Å². The van der Waals surface area contributed by atoms with Gasteiger partial charge in [-0.1, -0.05) is 42.5 Å². The molecule has 0 spiro atoms.